The van der Waals surface area contributed by atoms with Gasteiger partial charge in [-0.15, -0.1) is 0 Å². The highest BCUT2D eigenvalue weighted by atomic mass is 16.6. The molecule has 0 aliphatic heterocycles. The first-order valence-corrected chi connectivity index (χ1v) is 24.0. The predicted octanol–water partition coefficient (Wildman–Crippen LogP) is 15.4. The van der Waals surface area contributed by atoms with Crippen LogP contribution in [0.3, 0.4) is 0 Å². The van der Waals surface area contributed by atoms with Crippen LogP contribution >= 0.6 is 0 Å². The van der Waals surface area contributed by atoms with Gasteiger partial charge in [0.25, 0.3) is 0 Å². The minimum absolute atomic E-state index is 0.0792. The van der Waals surface area contributed by atoms with Crippen molar-refractivity contribution in [3.05, 3.63) is 36.5 Å². The summed E-state index contributed by atoms with van der Waals surface area (Å²) in [5, 5.41) is 0. The highest BCUT2D eigenvalue weighted by Gasteiger charge is 2.19. The summed E-state index contributed by atoms with van der Waals surface area (Å²) in [6.45, 7) is 6.54. The van der Waals surface area contributed by atoms with Crippen molar-refractivity contribution in [2.45, 2.75) is 252 Å². The maximum absolute atomic E-state index is 12.7. The van der Waals surface area contributed by atoms with E-state index in [1.807, 2.05) is 0 Å². The van der Waals surface area contributed by atoms with Crippen molar-refractivity contribution in [1.82, 2.24) is 0 Å². The Morgan fingerprint density at radius 1 is 0.357 bits per heavy atom. The van der Waals surface area contributed by atoms with Gasteiger partial charge in [-0.05, 0) is 70.6 Å². The normalized spacial score (nSPS) is 12.3. The van der Waals surface area contributed by atoms with E-state index in [1.54, 1.807) is 0 Å². The van der Waals surface area contributed by atoms with Crippen molar-refractivity contribution in [3.8, 4) is 0 Å². The molecule has 0 aliphatic rings. The monoisotopic (exact) mass is 787 g/mol. The smallest absolute Gasteiger partial charge is 0.306 e. The summed E-state index contributed by atoms with van der Waals surface area (Å²) in [6, 6.07) is 0. The van der Waals surface area contributed by atoms with Crippen molar-refractivity contribution in [3.63, 3.8) is 0 Å². The third-order valence-electron chi connectivity index (χ3n) is 10.3. The van der Waals surface area contributed by atoms with Gasteiger partial charge in [0.1, 0.15) is 13.2 Å². The highest BCUT2D eigenvalue weighted by molar-refractivity contribution is 5.71. The summed E-state index contributed by atoms with van der Waals surface area (Å²) in [5.41, 5.74) is 0. The van der Waals surface area contributed by atoms with Crippen LogP contribution < -0.4 is 0 Å². The molecule has 6 heteroatoms. The van der Waals surface area contributed by atoms with Gasteiger partial charge in [0, 0.05) is 19.3 Å². The highest BCUT2D eigenvalue weighted by Crippen LogP contribution is 2.14. The molecule has 0 fully saturated rings. The van der Waals surface area contributed by atoms with E-state index in [9.17, 15) is 14.4 Å². The van der Waals surface area contributed by atoms with Crippen LogP contribution in [0, 0.1) is 0 Å². The van der Waals surface area contributed by atoms with Crippen LogP contribution in [0.1, 0.15) is 245 Å². The van der Waals surface area contributed by atoms with E-state index in [1.165, 1.54) is 116 Å². The first-order chi connectivity index (χ1) is 27.5. The molecule has 0 N–H and O–H groups in total. The molecule has 0 heterocycles. The van der Waals surface area contributed by atoms with Crippen LogP contribution in [0.15, 0.2) is 36.5 Å². The SMILES string of the molecule is CCC/C=C\CCCCCCCC(=O)OCC(COC(=O)CCCCCCC/C=C\C/C=C\CCCCCC)OC(=O)CCCCCCCCCCCCCC. The van der Waals surface area contributed by atoms with E-state index in [-0.39, 0.29) is 31.1 Å². The number of hydrogen-bond acceptors (Lipinski definition) is 6. The summed E-state index contributed by atoms with van der Waals surface area (Å²) in [5.74, 6) is -0.898. The topological polar surface area (TPSA) is 78.9 Å². The van der Waals surface area contributed by atoms with E-state index in [0.717, 1.165) is 89.9 Å². The maximum atomic E-state index is 12.7. The fourth-order valence-corrected chi connectivity index (χ4v) is 6.71. The lowest BCUT2D eigenvalue weighted by molar-refractivity contribution is -0.167. The fraction of sp³-hybridized carbons (Fsp3) is 0.820. The number of unbranched alkanes of at least 4 members (excludes halogenated alkanes) is 26. The third-order valence-corrected chi connectivity index (χ3v) is 10.3. The molecule has 1 unspecified atom stereocenters. The summed E-state index contributed by atoms with van der Waals surface area (Å²) >= 11 is 0. The van der Waals surface area contributed by atoms with Crippen LogP contribution in [0.5, 0.6) is 0 Å². The van der Waals surface area contributed by atoms with Gasteiger partial charge < -0.3 is 14.2 Å². The molecule has 6 nitrogen and oxygen atoms in total. The summed E-state index contributed by atoms with van der Waals surface area (Å²) in [4.78, 5) is 37.8. The maximum Gasteiger partial charge on any atom is 0.306 e. The average molecular weight is 787 g/mol. The molecular formula is C50H90O6. The molecule has 0 amide bonds. The van der Waals surface area contributed by atoms with E-state index in [4.69, 9.17) is 14.2 Å². The molecule has 0 aromatic rings. The Kier molecular flexibility index (Phi) is 43.4. The molecule has 0 aromatic heterocycles. The van der Waals surface area contributed by atoms with Crippen LogP contribution in [0.4, 0.5) is 0 Å². The van der Waals surface area contributed by atoms with Crippen molar-refractivity contribution >= 4 is 17.9 Å². The Balaban J connectivity index is 4.36. The minimum atomic E-state index is -0.775. The number of allylic oxidation sites excluding steroid dienone is 6. The standard InChI is InChI=1S/C50H90O6/c1-4-7-10-13-16-19-22-24-25-26-27-29-31-34-37-40-43-49(52)55-46-47(45-54-48(51)42-39-36-33-30-21-18-15-12-9-6-3)56-50(53)44-41-38-35-32-28-23-20-17-14-11-8-5-2/h12,15,19,22,25-26,47H,4-11,13-14,16-18,20-21,23-24,27-46H2,1-3H3/b15-12-,22-19-,26-25-. The first-order valence-electron chi connectivity index (χ1n) is 24.0. The lowest BCUT2D eigenvalue weighted by Gasteiger charge is -2.18. The number of rotatable bonds is 43. The summed E-state index contributed by atoms with van der Waals surface area (Å²) in [6.07, 6.45) is 51.2. The van der Waals surface area contributed by atoms with Gasteiger partial charge in [-0.3, -0.25) is 14.4 Å². The molecule has 0 spiro atoms. The lowest BCUT2D eigenvalue weighted by atomic mass is 10.0. The van der Waals surface area contributed by atoms with Gasteiger partial charge >= 0.3 is 17.9 Å². The summed E-state index contributed by atoms with van der Waals surface area (Å²) in [7, 11) is 0. The van der Waals surface area contributed by atoms with Crippen molar-refractivity contribution < 1.29 is 28.6 Å². The number of esters is 3. The molecule has 56 heavy (non-hydrogen) atoms. The number of ether oxygens (including phenoxy) is 3. The second kappa shape index (κ2) is 45.3. The largest absolute Gasteiger partial charge is 0.462 e. The second-order valence-corrected chi connectivity index (χ2v) is 16.0. The molecule has 326 valence electrons. The fourth-order valence-electron chi connectivity index (χ4n) is 6.71. The van der Waals surface area contributed by atoms with Crippen molar-refractivity contribution in [1.29, 1.82) is 0 Å². The van der Waals surface area contributed by atoms with Crippen LogP contribution in [-0.2, 0) is 28.6 Å². The Morgan fingerprint density at radius 2 is 0.679 bits per heavy atom. The number of carbonyl (C=O) groups excluding carboxylic acids is 3. The molecule has 0 aliphatic carbocycles. The van der Waals surface area contributed by atoms with Gasteiger partial charge in [0.05, 0.1) is 0 Å². The van der Waals surface area contributed by atoms with Gasteiger partial charge in [-0.2, -0.15) is 0 Å². The van der Waals surface area contributed by atoms with E-state index < -0.39 is 6.10 Å². The second-order valence-electron chi connectivity index (χ2n) is 16.0. The van der Waals surface area contributed by atoms with Gasteiger partial charge in [0.2, 0.25) is 0 Å². The molecule has 0 rings (SSSR count). The Hall–Kier alpha value is -2.37. The zero-order chi connectivity index (χ0) is 40.8. The summed E-state index contributed by atoms with van der Waals surface area (Å²) < 4.78 is 16.7. The Labute approximate surface area is 346 Å². The molecule has 0 saturated carbocycles. The van der Waals surface area contributed by atoms with Crippen LogP contribution in [0.2, 0.25) is 0 Å². The van der Waals surface area contributed by atoms with Gasteiger partial charge in [-0.1, -0.05) is 192 Å². The van der Waals surface area contributed by atoms with Crippen molar-refractivity contribution in [2.75, 3.05) is 13.2 Å². The van der Waals surface area contributed by atoms with Crippen LogP contribution in [-0.4, -0.2) is 37.2 Å². The molecule has 0 aromatic carbocycles. The zero-order valence-electron chi connectivity index (χ0n) is 37.2. The van der Waals surface area contributed by atoms with Gasteiger partial charge in [0.15, 0.2) is 6.10 Å². The number of carbonyl (C=O) groups is 3. The van der Waals surface area contributed by atoms with E-state index in [2.05, 4.69) is 57.2 Å². The van der Waals surface area contributed by atoms with Crippen molar-refractivity contribution in [2.24, 2.45) is 0 Å². The van der Waals surface area contributed by atoms with E-state index >= 15 is 0 Å². The molecule has 0 radical (unpaired) electrons. The van der Waals surface area contributed by atoms with Gasteiger partial charge in [-0.25, -0.2) is 0 Å². The molecule has 1 atom stereocenters. The van der Waals surface area contributed by atoms with Crippen LogP contribution in [0.25, 0.3) is 0 Å². The Bertz CT molecular complexity index is 953. The van der Waals surface area contributed by atoms with E-state index in [0.29, 0.717) is 19.3 Å². The third kappa shape index (κ3) is 42.8. The number of hydrogen-bond donors (Lipinski definition) is 0. The predicted molar refractivity (Wildman–Crippen MR) is 238 cm³/mol. The first kappa shape index (κ1) is 53.6. The molecule has 0 bridgehead atoms. The molecule has 0 saturated heterocycles. The molecular weight excluding hydrogens is 697 g/mol. The zero-order valence-corrected chi connectivity index (χ0v) is 37.2. The lowest BCUT2D eigenvalue weighted by Crippen LogP contribution is -2.30. The average Bonchev–Trinajstić information content (AvgIpc) is 3.19. The Morgan fingerprint density at radius 3 is 1.09 bits per heavy atom. The minimum Gasteiger partial charge on any atom is -0.462 e. The quantitative estimate of drug-likeness (QED) is 0.0265.